The van der Waals surface area contributed by atoms with Crippen LogP contribution < -0.4 is 10.2 Å². The first-order valence-electron chi connectivity index (χ1n) is 6.46. The molecule has 1 saturated heterocycles. The maximum Gasteiger partial charge on any atom is 0.230 e. The summed E-state index contributed by atoms with van der Waals surface area (Å²) in [6.45, 7) is 3.65. The second-order valence-corrected chi connectivity index (χ2v) is 5.16. The van der Waals surface area contributed by atoms with Crippen molar-refractivity contribution in [1.29, 1.82) is 0 Å². The van der Waals surface area contributed by atoms with Gasteiger partial charge in [0.25, 0.3) is 0 Å². The summed E-state index contributed by atoms with van der Waals surface area (Å²) < 4.78 is 1.68. The van der Waals surface area contributed by atoms with E-state index in [1.165, 1.54) is 0 Å². The van der Waals surface area contributed by atoms with Crippen LogP contribution in [0.25, 0.3) is 16.6 Å². The van der Waals surface area contributed by atoms with Crippen molar-refractivity contribution in [3.05, 3.63) is 23.2 Å². The molecule has 2 aromatic heterocycles. The third kappa shape index (κ3) is 1.78. The van der Waals surface area contributed by atoms with Crippen molar-refractivity contribution >= 4 is 34.1 Å². The molecule has 4 rings (SSSR count). The van der Waals surface area contributed by atoms with Crippen LogP contribution in [0.4, 0.5) is 5.95 Å². The molecule has 0 bridgehead atoms. The Hall–Kier alpha value is -1.99. The first-order valence-corrected chi connectivity index (χ1v) is 6.84. The molecule has 102 valence electrons. The van der Waals surface area contributed by atoms with Crippen LogP contribution in [-0.4, -0.2) is 51.2 Å². The van der Waals surface area contributed by atoms with Crippen LogP contribution >= 0.6 is 11.6 Å². The van der Waals surface area contributed by atoms with Crippen LogP contribution in [0.3, 0.4) is 0 Å². The summed E-state index contributed by atoms with van der Waals surface area (Å²) >= 11 is 6.05. The molecule has 1 aliphatic rings. The minimum Gasteiger partial charge on any atom is -0.338 e. The van der Waals surface area contributed by atoms with Gasteiger partial charge in [-0.05, 0) is 28.6 Å². The predicted molar refractivity (Wildman–Crippen MR) is 76.2 cm³/mol. The van der Waals surface area contributed by atoms with Crippen molar-refractivity contribution in [3.63, 3.8) is 0 Å². The van der Waals surface area contributed by atoms with E-state index in [9.17, 15) is 0 Å². The standard InChI is InChI=1S/C12H12ClN7/c13-8-1-2-10-9(7-8)11-16-17-18-20(11)12(15-10)19-5-3-14-4-6-19/h1-2,7,14H,3-6H2. The van der Waals surface area contributed by atoms with Gasteiger partial charge < -0.3 is 10.2 Å². The quantitative estimate of drug-likeness (QED) is 0.712. The number of fused-ring (bicyclic) bond motifs is 3. The molecule has 1 fully saturated rings. The largest absolute Gasteiger partial charge is 0.338 e. The highest BCUT2D eigenvalue weighted by atomic mass is 35.5. The fourth-order valence-electron chi connectivity index (χ4n) is 2.50. The van der Waals surface area contributed by atoms with E-state index in [4.69, 9.17) is 16.6 Å². The summed E-state index contributed by atoms with van der Waals surface area (Å²) in [7, 11) is 0. The van der Waals surface area contributed by atoms with Gasteiger partial charge in [-0.2, -0.15) is 4.52 Å². The fourth-order valence-corrected chi connectivity index (χ4v) is 2.67. The minimum absolute atomic E-state index is 0.652. The molecule has 1 aromatic carbocycles. The summed E-state index contributed by atoms with van der Waals surface area (Å²) in [6.07, 6.45) is 0. The van der Waals surface area contributed by atoms with Crippen molar-refractivity contribution in [1.82, 2.24) is 30.3 Å². The smallest absolute Gasteiger partial charge is 0.230 e. The maximum absolute atomic E-state index is 6.05. The molecule has 1 aliphatic heterocycles. The molecule has 7 nitrogen and oxygen atoms in total. The van der Waals surface area contributed by atoms with Gasteiger partial charge in [0.2, 0.25) is 5.95 Å². The first kappa shape index (κ1) is 11.8. The van der Waals surface area contributed by atoms with Crippen LogP contribution in [0.1, 0.15) is 0 Å². The van der Waals surface area contributed by atoms with Crippen LogP contribution in [0.5, 0.6) is 0 Å². The van der Waals surface area contributed by atoms with E-state index in [0.717, 1.165) is 43.0 Å². The summed E-state index contributed by atoms with van der Waals surface area (Å²) in [5.41, 5.74) is 1.54. The monoisotopic (exact) mass is 289 g/mol. The average molecular weight is 290 g/mol. The van der Waals surface area contributed by atoms with Gasteiger partial charge in [-0.25, -0.2) is 4.98 Å². The van der Waals surface area contributed by atoms with E-state index in [-0.39, 0.29) is 0 Å². The molecule has 20 heavy (non-hydrogen) atoms. The number of nitrogens with zero attached hydrogens (tertiary/aromatic N) is 6. The number of halogens is 1. The number of benzene rings is 1. The molecule has 0 spiro atoms. The molecule has 8 heteroatoms. The Morgan fingerprint density at radius 3 is 2.90 bits per heavy atom. The molecule has 0 atom stereocenters. The van der Waals surface area contributed by atoms with Crippen molar-refractivity contribution < 1.29 is 0 Å². The van der Waals surface area contributed by atoms with Crippen molar-refractivity contribution in [2.75, 3.05) is 31.1 Å². The van der Waals surface area contributed by atoms with Crippen LogP contribution in [0.15, 0.2) is 18.2 Å². The average Bonchev–Trinajstić information content (AvgIpc) is 2.97. The molecule has 0 saturated carbocycles. The second-order valence-electron chi connectivity index (χ2n) is 4.72. The van der Waals surface area contributed by atoms with E-state index >= 15 is 0 Å². The number of hydrogen-bond donors (Lipinski definition) is 1. The zero-order valence-electron chi connectivity index (χ0n) is 10.6. The molecule has 3 heterocycles. The molecule has 0 radical (unpaired) electrons. The second kappa shape index (κ2) is 4.53. The van der Waals surface area contributed by atoms with E-state index < -0.39 is 0 Å². The number of hydrogen-bond acceptors (Lipinski definition) is 6. The molecular formula is C12H12ClN7. The molecule has 1 N–H and O–H groups in total. The topological polar surface area (TPSA) is 71.2 Å². The molecule has 0 unspecified atom stereocenters. The lowest BCUT2D eigenvalue weighted by Gasteiger charge is -2.28. The highest BCUT2D eigenvalue weighted by Crippen LogP contribution is 2.24. The van der Waals surface area contributed by atoms with E-state index in [1.807, 2.05) is 18.2 Å². The Morgan fingerprint density at radius 2 is 2.05 bits per heavy atom. The van der Waals surface area contributed by atoms with Gasteiger partial charge >= 0.3 is 0 Å². The summed E-state index contributed by atoms with van der Waals surface area (Å²) in [5.74, 6) is 0.779. The molecule has 3 aromatic rings. The highest BCUT2D eigenvalue weighted by Gasteiger charge is 2.18. The third-order valence-corrected chi connectivity index (χ3v) is 3.71. The van der Waals surface area contributed by atoms with E-state index in [1.54, 1.807) is 4.52 Å². The fraction of sp³-hybridized carbons (Fsp3) is 0.333. The zero-order chi connectivity index (χ0) is 13.5. The molecule has 0 amide bonds. The van der Waals surface area contributed by atoms with Crippen LogP contribution in [-0.2, 0) is 0 Å². The lowest BCUT2D eigenvalue weighted by molar-refractivity contribution is 0.573. The zero-order valence-corrected chi connectivity index (χ0v) is 11.4. The Balaban J connectivity index is 1.99. The number of anilines is 1. The highest BCUT2D eigenvalue weighted by molar-refractivity contribution is 6.31. The lowest BCUT2D eigenvalue weighted by atomic mass is 10.2. The van der Waals surface area contributed by atoms with Gasteiger partial charge in [0.1, 0.15) is 0 Å². The summed E-state index contributed by atoms with van der Waals surface area (Å²) in [6, 6.07) is 5.58. The Labute approximate surface area is 119 Å². The minimum atomic E-state index is 0.652. The summed E-state index contributed by atoms with van der Waals surface area (Å²) in [4.78, 5) is 6.89. The van der Waals surface area contributed by atoms with Gasteiger partial charge in [-0.15, -0.1) is 5.10 Å². The van der Waals surface area contributed by atoms with Gasteiger partial charge in [-0.3, -0.25) is 0 Å². The van der Waals surface area contributed by atoms with Crippen molar-refractivity contribution in [2.45, 2.75) is 0 Å². The Kier molecular flexibility index (Phi) is 2.68. The SMILES string of the molecule is Clc1ccc2nc(N3CCNCC3)n3nnnc3c2c1. The number of aromatic nitrogens is 5. The van der Waals surface area contributed by atoms with Crippen LogP contribution in [0, 0.1) is 0 Å². The number of tetrazole rings is 1. The lowest BCUT2D eigenvalue weighted by Crippen LogP contribution is -2.44. The number of nitrogens with one attached hydrogen (secondary N) is 1. The molecular weight excluding hydrogens is 278 g/mol. The van der Waals surface area contributed by atoms with Gasteiger partial charge in [0, 0.05) is 36.6 Å². The van der Waals surface area contributed by atoms with Gasteiger partial charge in [0.15, 0.2) is 5.65 Å². The normalized spacial score (nSPS) is 16.1. The van der Waals surface area contributed by atoms with E-state index in [2.05, 4.69) is 25.7 Å². The van der Waals surface area contributed by atoms with Crippen molar-refractivity contribution in [2.24, 2.45) is 0 Å². The van der Waals surface area contributed by atoms with Crippen LogP contribution in [0.2, 0.25) is 5.02 Å². The molecule has 0 aliphatic carbocycles. The Morgan fingerprint density at radius 1 is 1.20 bits per heavy atom. The number of piperazine rings is 1. The van der Waals surface area contributed by atoms with Crippen molar-refractivity contribution in [3.8, 4) is 0 Å². The first-order chi connectivity index (χ1) is 9.83. The summed E-state index contributed by atoms with van der Waals surface area (Å²) in [5, 5.41) is 16.8. The number of rotatable bonds is 1. The van der Waals surface area contributed by atoms with Gasteiger partial charge in [-0.1, -0.05) is 11.6 Å². The Bertz CT molecular complexity index is 778. The third-order valence-electron chi connectivity index (χ3n) is 3.48. The van der Waals surface area contributed by atoms with Gasteiger partial charge in [0.05, 0.1) is 5.52 Å². The maximum atomic E-state index is 6.05. The van der Waals surface area contributed by atoms with E-state index in [0.29, 0.717) is 10.7 Å². The predicted octanol–water partition coefficient (Wildman–Crippen LogP) is 0.735.